The van der Waals surface area contributed by atoms with Crippen LogP contribution >= 0.6 is 0 Å². The normalized spacial score (nSPS) is 10.9. The lowest BCUT2D eigenvalue weighted by atomic mass is 10.1. The average Bonchev–Trinajstić information content (AvgIpc) is 2.87. The Bertz CT molecular complexity index is 660. The van der Waals surface area contributed by atoms with Crippen molar-refractivity contribution in [2.45, 2.75) is 6.54 Å². The molecule has 4 nitrogen and oxygen atoms in total. The minimum atomic E-state index is 0.264. The van der Waals surface area contributed by atoms with Gasteiger partial charge in [0.05, 0.1) is 6.54 Å². The number of nitrogens with zero attached hydrogens (tertiary/aromatic N) is 2. The Morgan fingerprint density at radius 1 is 1.06 bits per heavy atom. The van der Waals surface area contributed by atoms with Crippen molar-refractivity contribution in [3.8, 4) is 11.4 Å². The molecule has 0 saturated carbocycles. The minimum absolute atomic E-state index is 0.264. The maximum atomic E-state index is 5.44. The molecule has 1 aromatic heterocycles. The first-order valence-corrected chi connectivity index (χ1v) is 5.38. The number of fused-ring (bicyclic) bond motifs is 1. The van der Waals surface area contributed by atoms with Gasteiger partial charge < -0.3 is 10.3 Å². The molecule has 0 radical (unpaired) electrons. The van der Waals surface area contributed by atoms with Crippen molar-refractivity contribution in [1.29, 1.82) is 0 Å². The zero-order chi connectivity index (χ0) is 11.7. The summed E-state index contributed by atoms with van der Waals surface area (Å²) < 4.78 is 4.99. The second-order valence-electron chi connectivity index (χ2n) is 3.78. The van der Waals surface area contributed by atoms with Crippen molar-refractivity contribution < 1.29 is 4.52 Å². The van der Waals surface area contributed by atoms with Crippen molar-refractivity contribution >= 4 is 10.8 Å². The van der Waals surface area contributed by atoms with E-state index in [0.29, 0.717) is 11.7 Å². The molecular formula is C13H11N3O. The molecule has 2 aromatic carbocycles. The van der Waals surface area contributed by atoms with Crippen molar-refractivity contribution in [3.63, 3.8) is 0 Å². The van der Waals surface area contributed by atoms with E-state index < -0.39 is 0 Å². The number of rotatable bonds is 2. The van der Waals surface area contributed by atoms with Crippen molar-refractivity contribution in [2.75, 3.05) is 0 Å². The molecule has 0 saturated heterocycles. The van der Waals surface area contributed by atoms with Gasteiger partial charge in [-0.2, -0.15) is 4.98 Å². The van der Waals surface area contributed by atoms with Crippen LogP contribution in [0, 0.1) is 0 Å². The number of hydrogen-bond acceptors (Lipinski definition) is 4. The highest BCUT2D eigenvalue weighted by Gasteiger charge is 2.07. The fourth-order valence-corrected chi connectivity index (χ4v) is 1.78. The highest BCUT2D eigenvalue weighted by molar-refractivity contribution is 5.86. The molecular weight excluding hydrogens is 214 g/mol. The summed E-state index contributed by atoms with van der Waals surface area (Å²) in [5, 5.41) is 6.25. The highest BCUT2D eigenvalue weighted by atomic mass is 16.5. The molecule has 0 unspecified atom stereocenters. The van der Waals surface area contributed by atoms with E-state index >= 15 is 0 Å². The lowest BCUT2D eigenvalue weighted by Gasteiger charge is -1.99. The average molecular weight is 225 g/mol. The fourth-order valence-electron chi connectivity index (χ4n) is 1.78. The Hall–Kier alpha value is -2.20. The molecule has 3 rings (SSSR count). The minimum Gasteiger partial charge on any atom is -0.338 e. The Balaban J connectivity index is 2.11. The number of nitrogens with two attached hydrogens (primary N) is 1. The zero-order valence-electron chi connectivity index (χ0n) is 9.13. The maximum Gasteiger partial charge on any atom is 0.240 e. The van der Waals surface area contributed by atoms with Crippen molar-refractivity contribution in [2.24, 2.45) is 5.73 Å². The van der Waals surface area contributed by atoms with E-state index in [2.05, 4.69) is 22.3 Å². The summed E-state index contributed by atoms with van der Waals surface area (Å²) >= 11 is 0. The first kappa shape index (κ1) is 9.99. The summed E-state index contributed by atoms with van der Waals surface area (Å²) in [6.07, 6.45) is 0. The summed E-state index contributed by atoms with van der Waals surface area (Å²) in [7, 11) is 0. The Kier molecular flexibility index (Phi) is 2.34. The molecule has 4 heteroatoms. The smallest absolute Gasteiger partial charge is 0.240 e. The number of hydrogen-bond donors (Lipinski definition) is 1. The van der Waals surface area contributed by atoms with Gasteiger partial charge in [0.2, 0.25) is 11.7 Å². The SMILES string of the molecule is NCc1nc(-c2ccc3ccccc3c2)no1. The molecule has 3 aromatic rings. The Morgan fingerprint density at radius 3 is 2.65 bits per heavy atom. The van der Waals surface area contributed by atoms with E-state index in [4.69, 9.17) is 10.3 Å². The quantitative estimate of drug-likeness (QED) is 0.727. The predicted octanol–water partition coefficient (Wildman–Crippen LogP) is 2.35. The van der Waals surface area contributed by atoms with Gasteiger partial charge in [0, 0.05) is 5.56 Å². The first-order valence-electron chi connectivity index (χ1n) is 5.38. The molecule has 0 amide bonds. The van der Waals surface area contributed by atoms with Gasteiger partial charge in [-0.15, -0.1) is 0 Å². The van der Waals surface area contributed by atoms with E-state index in [1.54, 1.807) is 0 Å². The maximum absolute atomic E-state index is 5.44. The monoisotopic (exact) mass is 225 g/mol. The highest BCUT2D eigenvalue weighted by Crippen LogP contribution is 2.22. The fraction of sp³-hybridized carbons (Fsp3) is 0.0769. The molecule has 1 heterocycles. The van der Waals surface area contributed by atoms with Gasteiger partial charge in [0.25, 0.3) is 0 Å². The third kappa shape index (κ3) is 1.79. The van der Waals surface area contributed by atoms with Crippen molar-refractivity contribution in [3.05, 3.63) is 48.4 Å². The topological polar surface area (TPSA) is 64.9 Å². The molecule has 0 atom stereocenters. The summed E-state index contributed by atoms with van der Waals surface area (Å²) in [5.74, 6) is 1.03. The largest absolute Gasteiger partial charge is 0.338 e. The van der Waals surface area contributed by atoms with Crippen LogP contribution in [0.2, 0.25) is 0 Å². The van der Waals surface area contributed by atoms with Gasteiger partial charge in [-0.25, -0.2) is 0 Å². The number of benzene rings is 2. The molecule has 17 heavy (non-hydrogen) atoms. The third-order valence-corrected chi connectivity index (χ3v) is 2.65. The predicted molar refractivity (Wildman–Crippen MR) is 65.1 cm³/mol. The molecule has 2 N–H and O–H groups in total. The molecule has 0 fully saturated rings. The van der Waals surface area contributed by atoms with E-state index in [1.807, 2.05) is 30.3 Å². The van der Waals surface area contributed by atoms with Crippen LogP contribution in [0.5, 0.6) is 0 Å². The number of aromatic nitrogens is 2. The van der Waals surface area contributed by atoms with Gasteiger partial charge in [0.1, 0.15) is 0 Å². The second kappa shape index (κ2) is 3.99. The van der Waals surface area contributed by atoms with E-state index in [0.717, 1.165) is 10.9 Å². The van der Waals surface area contributed by atoms with E-state index in [1.165, 1.54) is 5.39 Å². The van der Waals surface area contributed by atoms with E-state index in [9.17, 15) is 0 Å². The second-order valence-corrected chi connectivity index (χ2v) is 3.78. The summed E-state index contributed by atoms with van der Waals surface area (Å²) in [4.78, 5) is 4.20. The standard InChI is InChI=1S/C13H11N3O/c14-8-12-15-13(16-17-12)11-6-5-9-3-1-2-4-10(9)7-11/h1-7H,8,14H2. The van der Waals surface area contributed by atoms with Crippen LogP contribution in [-0.2, 0) is 6.54 Å². The van der Waals surface area contributed by atoms with E-state index in [-0.39, 0.29) is 6.54 Å². The molecule has 0 bridgehead atoms. The van der Waals surface area contributed by atoms with Gasteiger partial charge in [-0.05, 0) is 16.8 Å². The molecule has 0 aliphatic rings. The first-order chi connectivity index (χ1) is 8.36. The van der Waals surface area contributed by atoms with Gasteiger partial charge >= 0.3 is 0 Å². The van der Waals surface area contributed by atoms with Crippen LogP contribution in [-0.4, -0.2) is 10.1 Å². The molecule has 0 spiro atoms. The molecule has 0 aliphatic heterocycles. The van der Waals surface area contributed by atoms with Crippen LogP contribution < -0.4 is 5.73 Å². The van der Waals surface area contributed by atoms with Crippen LogP contribution in [0.4, 0.5) is 0 Å². The van der Waals surface area contributed by atoms with Crippen LogP contribution in [0.25, 0.3) is 22.2 Å². The lowest BCUT2D eigenvalue weighted by molar-refractivity contribution is 0.380. The van der Waals surface area contributed by atoms with Crippen LogP contribution in [0.15, 0.2) is 47.0 Å². The van der Waals surface area contributed by atoms with Gasteiger partial charge in [0.15, 0.2) is 0 Å². The van der Waals surface area contributed by atoms with Gasteiger partial charge in [-0.1, -0.05) is 41.6 Å². The third-order valence-electron chi connectivity index (χ3n) is 2.65. The lowest BCUT2D eigenvalue weighted by Crippen LogP contribution is -1.95. The molecule has 84 valence electrons. The zero-order valence-corrected chi connectivity index (χ0v) is 9.13. The summed E-state index contributed by atoms with van der Waals surface area (Å²) in [5.41, 5.74) is 6.37. The summed E-state index contributed by atoms with van der Waals surface area (Å²) in [6, 6.07) is 14.2. The van der Waals surface area contributed by atoms with Crippen molar-refractivity contribution in [1.82, 2.24) is 10.1 Å². The summed E-state index contributed by atoms with van der Waals surface area (Å²) in [6.45, 7) is 0.264. The Morgan fingerprint density at radius 2 is 1.88 bits per heavy atom. The molecule has 0 aliphatic carbocycles. The van der Waals surface area contributed by atoms with Crippen LogP contribution in [0.1, 0.15) is 5.89 Å². The van der Waals surface area contributed by atoms with Gasteiger partial charge in [-0.3, -0.25) is 0 Å². The Labute approximate surface area is 98.1 Å². The van der Waals surface area contributed by atoms with Crippen LogP contribution in [0.3, 0.4) is 0 Å².